The van der Waals surface area contributed by atoms with Crippen molar-refractivity contribution in [1.29, 1.82) is 0 Å². The first-order valence-electron chi connectivity index (χ1n) is 5.76. The zero-order chi connectivity index (χ0) is 13.8. The molecule has 1 heterocycles. The van der Waals surface area contributed by atoms with E-state index in [0.29, 0.717) is 11.4 Å². The van der Waals surface area contributed by atoms with Crippen LogP contribution >= 0.6 is 0 Å². The lowest BCUT2D eigenvalue weighted by molar-refractivity contribution is -0.118. The molecule has 0 radical (unpaired) electrons. The normalized spacial score (nSPS) is 10.3. The summed E-state index contributed by atoms with van der Waals surface area (Å²) in [6, 6.07) is 5.94. The quantitative estimate of drug-likeness (QED) is 0.888. The highest BCUT2D eigenvalue weighted by atomic mass is 19.1. The Morgan fingerprint density at radius 1 is 1.42 bits per heavy atom. The number of benzene rings is 1. The molecule has 0 spiro atoms. The van der Waals surface area contributed by atoms with Gasteiger partial charge in [0.15, 0.2) is 18.2 Å². The van der Waals surface area contributed by atoms with Gasteiger partial charge in [-0.25, -0.2) is 4.39 Å². The minimum absolute atomic E-state index is 0.0540. The SMILES string of the molecule is Cc1n[nH]c(C)c1NC(=O)COc1ccccc1F. The molecule has 0 atom stereocenters. The number of aromatic nitrogens is 2. The van der Waals surface area contributed by atoms with Gasteiger partial charge in [0, 0.05) is 0 Å². The number of nitrogens with zero attached hydrogens (tertiary/aromatic N) is 1. The molecule has 6 heteroatoms. The second kappa shape index (κ2) is 5.51. The lowest BCUT2D eigenvalue weighted by Gasteiger charge is -2.08. The van der Waals surface area contributed by atoms with E-state index in [-0.39, 0.29) is 18.3 Å². The number of aryl methyl sites for hydroxylation is 2. The van der Waals surface area contributed by atoms with Crippen LogP contribution in [-0.4, -0.2) is 22.7 Å². The third-order valence-electron chi connectivity index (χ3n) is 2.59. The summed E-state index contributed by atoms with van der Waals surface area (Å²) in [4.78, 5) is 11.7. The monoisotopic (exact) mass is 263 g/mol. The van der Waals surface area contributed by atoms with Crippen LogP contribution in [0.2, 0.25) is 0 Å². The van der Waals surface area contributed by atoms with E-state index in [0.717, 1.165) is 5.69 Å². The summed E-state index contributed by atoms with van der Waals surface area (Å²) < 4.78 is 18.4. The molecule has 0 unspecified atom stereocenters. The van der Waals surface area contributed by atoms with E-state index >= 15 is 0 Å². The molecule has 19 heavy (non-hydrogen) atoms. The van der Waals surface area contributed by atoms with E-state index in [9.17, 15) is 9.18 Å². The van der Waals surface area contributed by atoms with Crippen LogP contribution < -0.4 is 10.1 Å². The number of hydrogen-bond donors (Lipinski definition) is 2. The molecule has 2 aromatic rings. The number of carbonyl (C=O) groups excluding carboxylic acids is 1. The Morgan fingerprint density at radius 2 is 2.16 bits per heavy atom. The van der Waals surface area contributed by atoms with Crippen molar-refractivity contribution in [3.05, 3.63) is 41.5 Å². The van der Waals surface area contributed by atoms with E-state index in [1.165, 1.54) is 12.1 Å². The number of amides is 1. The highest BCUT2D eigenvalue weighted by molar-refractivity contribution is 5.92. The molecule has 1 amide bonds. The number of carbonyl (C=O) groups is 1. The van der Waals surface area contributed by atoms with Crippen LogP contribution in [0.25, 0.3) is 0 Å². The molecule has 100 valence electrons. The maximum atomic E-state index is 13.3. The van der Waals surface area contributed by atoms with Crippen molar-refractivity contribution < 1.29 is 13.9 Å². The number of anilines is 1. The molecule has 1 aromatic heterocycles. The highest BCUT2D eigenvalue weighted by Crippen LogP contribution is 2.17. The van der Waals surface area contributed by atoms with Crippen LogP contribution in [0.15, 0.2) is 24.3 Å². The third kappa shape index (κ3) is 3.09. The molecule has 1 aromatic carbocycles. The van der Waals surface area contributed by atoms with Gasteiger partial charge in [0.1, 0.15) is 0 Å². The lowest BCUT2D eigenvalue weighted by atomic mass is 10.3. The molecule has 2 rings (SSSR count). The average Bonchev–Trinajstić information content (AvgIpc) is 2.70. The van der Waals surface area contributed by atoms with Crippen LogP contribution in [0.1, 0.15) is 11.4 Å². The Hall–Kier alpha value is -2.37. The summed E-state index contributed by atoms with van der Waals surface area (Å²) in [5.41, 5.74) is 2.08. The van der Waals surface area contributed by atoms with E-state index in [1.807, 2.05) is 0 Å². The van der Waals surface area contributed by atoms with Gasteiger partial charge in [0.2, 0.25) is 0 Å². The van der Waals surface area contributed by atoms with Gasteiger partial charge in [0.05, 0.1) is 17.1 Å². The van der Waals surface area contributed by atoms with Gasteiger partial charge in [-0.2, -0.15) is 5.10 Å². The van der Waals surface area contributed by atoms with E-state index < -0.39 is 5.82 Å². The summed E-state index contributed by atoms with van der Waals surface area (Å²) in [6.07, 6.45) is 0. The minimum atomic E-state index is -0.494. The van der Waals surface area contributed by atoms with Crippen LogP contribution in [0.3, 0.4) is 0 Å². The van der Waals surface area contributed by atoms with Gasteiger partial charge in [-0.1, -0.05) is 12.1 Å². The van der Waals surface area contributed by atoms with Crippen molar-refractivity contribution in [3.8, 4) is 5.75 Å². The zero-order valence-electron chi connectivity index (χ0n) is 10.7. The number of ether oxygens (including phenoxy) is 1. The molecule has 2 N–H and O–H groups in total. The Labute approximate surface area is 109 Å². The fraction of sp³-hybridized carbons (Fsp3) is 0.231. The predicted molar refractivity (Wildman–Crippen MR) is 68.6 cm³/mol. The molecule has 0 aliphatic rings. The summed E-state index contributed by atoms with van der Waals surface area (Å²) in [5.74, 6) is -0.805. The second-order valence-electron chi connectivity index (χ2n) is 4.08. The fourth-order valence-corrected chi connectivity index (χ4v) is 1.62. The maximum Gasteiger partial charge on any atom is 0.262 e. The van der Waals surface area contributed by atoms with Crippen molar-refractivity contribution in [3.63, 3.8) is 0 Å². The first-order valence-corrected chi connectivity index (χ1v) is 5.76. The smallest absolute Gasteiger partial charge is 0.262 e. The molecule has 0 saturated heterocycles. The number of hydrogen-bond acceptors (Lipinski definition) is 3. The Morgan fingerprint density at radius 3 is 2.79 bits per heavy atom. The summed E-state index contributed by atoms with van der Waals surface area (Å²) in [7, 11) is 0. The Balaban J connectivity index is 1.94. The first-order chi connectivity index (χ1) is 9.08. The third-order valence-corrected chi connectivity index (χ3v) is 2.59. The molecule has 0 fully saturated rings. The Bertz CT molecular complexity index is 576. The topological polar surface area (TPSA) is 67.0 Å². The van der Waals surface area contributed by atoms with Gasteiger partial charge < -0.3 is 10.1 Å². The van der Waals surface area contributed by atoms with Crippen LogP contribution in [-0.2, 0) is 4.79 Å². The molecule has 0 aliphatic heterocycles. The van der Waals surface area contributed by atoms with E-state index in [4.69, 9.17) is 4.74 Å². The molecule has 0 saturated carbocycles. The van der Waals surface area contributed by atoms with E-state index in [1.54, 1.807) is 26.0 Å². The predicted octanol–water partition coefficient (Wildman–Crippen LogP) is 2.18. The standard InChI is InChI=1S/C13H14FN3O2/c1-8-13(9(2)17-16-8)15-12(18)7-19-11-6-4-3-5-10(11)14/h3-6H,7H2,1-2H3,(H,15,18)(H,16,17). The van der Waals surface area contributed by atoms with Crippen LogP contribution in [0.5, 0.6) is 5.75 Å². The van der Waals surface area contributed by atoms with Crippen molar-refractivity contribution in [2.45, 2.75) is 13.8 Å². The Kier molecular flexibility index (Phi) is 3.79. The summed E-state index contributed by atoms with van der Waals surface area (Å²) in [5, 5.41) is 9.39. The van der Waals surface area contributed by atoms with Gasteiger partial charge in [-0.15, -0.1) is 0 Å². The summed E-state index contributed by atoms with van der Waals surface area (Å²) in [6.45, 7) is 3.31. The van der Waals surface area contributed by atoms with Crippen molar-refractivity contribution in [2.75, 3.05) is 11.9 Å². The highest BCUT2D eigenvalue weighted by Gasteiger charge is 2.11. The van der Waals surface area contributed by atoms with Gasteiger partial charge in [-0.3, -0.25) is 9.89 Å². The number of aromatic amines is 1. The largest absolute Gasteiger partial charge is 0.481 e. The van der Waals surface area contributed by atoms with Crippen molar-refractivity contribution in [2.24, 2.45) is 0 Å². The fourth-order valence-electron chi connectivity index (χ4n) is 1.62. The molecular weight excluding hydrogens is 249 g/mol. The van der Waals surface area contributed by atoms with Gasteiger partial charge >= 0.3 is 0 Å². The number of rotatable bonds is 4. The first kappa shape index (κ1) is 13.1. The minimum Gasteiger partial charge on any atom is -0.481 e. The van der Waals surface area contributed by atoms with Crippen molar-refractivity contribution >= 4 is 11.6 Å². The molecule has 0 bridgehead atoms. The zero-order valence-corrected chi connectivity index (χ0v) is 10.7. The van der Waals surface area contributed by atoms with Crippen LogP contribution in [0.4, 0.5) is 10.1 Å². The lowest BCUT2D eigenvalue weighted by Crippen LogP contribution is -2.21. The number of nitrogens with one attached hydrogen (secondary N) is 2. The number of halogens is 1. The van der Waals surface area contributed by atoms with Gasteiger partial charge in [-0.05, 0) is 26.0 Å². The second-order valence-corrected chi connectivity index (χ2v) is 4.08. The van der Waals surface area contributed by atoms with Crippen LogP contribution in [0, 0.1) is 19.7 Å². The van der Waals surface area contributed by atoms with Crippen molar-refractivity contribution in [1.82, 2.24) is 10.2 Å². The average molecular weight is 263 g/mol. The summed E-state index contributed by atoms with van der Waals surface area (Å²) >= 11 is 0. The number of H-pyrrole nitrogens is 1. The van der Waals surface area contributed by atoms with Gasteiger partial charge in [0.25, 0.3) is 5.91 Å². The molecular formula is C13H14FN3O2. The maximum absolute atomic E-state index is 13.3. The molecule has 5 nitrogen and oxygen atoms in total. The molecule has 0 aliphatic carbocycles. The van der Waals surface area contributed by atoms with E-state index in [2.05, 4.69) is 15.5 Å². The number of para-hydroxylation sites is 1.